The Hall–Kier alpha value is -0.640. The summed E-state index contributed by atoms with van der Waals surface area (Å²) >= 11 is 0. The van der Waals surface area contributed by atoms with Crippen molar-refractivity contribution < 1.29 is 9.18 Å². The molecule has 0 spiro atoms. The van der Waals surface area contributed by atoms with Crippen LogP contribution in [0.4, 0.5) is 4.39 Å². The first-order valence-electron chi connectivity index (χ1n) is 4.42. The van der Waals surface area contributed by atoms with Crippen LogP contribution in [0, 0.1) is 0 Å². The van der Waals surface area contributed by atoms with E-state index in [9.17, 15) is 9.18 Å². The molecule has 0 aromatic rings. The second-order valence-electron chi connectivity index (χ2n) is 3.48. The van der Waals surface area contributed by atoms with Gasteiger partial charge in [-0.2, -0.15) is 0 Å². The summed E-state index contributed by atoms with van der Waals surface area (Å²) in [5, 5.41) is 2.73. The van der Waals surface area contributed by atoms with Crippen LogP contribution in [-0.4, -0.2) is 42.7 Å². The van der Waals surface area contributed by atoms with Crippen molar-refractivity contribution in [3.8, 4) is 0 Å². The van der Waals surface area contributed by atoms with Gasteiger partial charge in [0.1, 0.15) is 6.17 Å². The Labute approximate surface area is 70.9 Å². The molecule has 0 aromatic heterocycles. The first-order valence-corrected chi connectivity index (χ1v) is 4.42. The highest BCUT2D eigenvalue weighted by Crippen LogP contribution is 2.28. The van der Waals surface area contributed by atoms with Crippen LogP contribution in [0.25, 0.3) is 0 Å². The van der Waals surface area contributed by atoms with Gasteiger partial charge in [0.15, 0.2) is 0 Å². The van der Waals surface area contributed by atoms with Crippen LogP contribution in [0.3, 0.4) is 0 Å². The first kappa shape index (κ1) is 7.98. The molecule has 0 bridgehead atoms. The molecule has 0 aromatic carbocycles. The topological polar surface area (TPSA) is 32.3 Å². The summed E-state index contributed by atoms with van der Waals surface area (Å²) in [7, 11) is 0. The largest absolute Gasteiger partial charge is 0.354 e. The second kappa shape index (κ2) is 3.01. The zero-order valence-corrected chi connectivity index (χ0v) is 6.92. The van der Waals surface area contributed by atoms with Crippen LogP contribution in [0.2, 0.25) is 0 Å². The predicted molar refractivity (Wildman–Crippen MR) is 42.5 cm³/mol. The van der Waals surface area contributed by atoms with Crippen molar-refractivity contribution in [2.45, 2.75) is 25.1 Å². The molecular weight excluding hydrogens is 159 g/mol. The number of rotatable bonds is 1. The molecule has 2 aliphatic rings. The molecule has 3 nitrogen and oxygen atoms in total. The Kier molecular flexibility index (Phi) is 2.00. The van der Waals surface area contributed by atoms with Crippen LogP contribution in [0.1, 0.15) is 12.8 Å². The number of amides is 1. The van der Waals surface area contributed by atoms with Gasteiger partial charge in [0.25, 0.3) is 0 Å². The van der Waals surface area contributed by atoms with Gasteiger partial charge in [-0.3, -0.25) is 9.69 Å². The minimum atomic E-state index is -0.698. The molecule has 68 valence electrons. The molecule has 1 saturated heterocycles. The van der Waals surface area contributed by atoms with Crippen molar-refractivity contribution in [2.24, 2.45) is 0 Å². The number of carbonyl (C=O) groups is 1. The van der Waals surface area contributed by atoms with Crippen molar-refractivity contribution in [1.82, 2.24) is 10.2 Å². The van der Waals surface area contributed by atoms with Crippen LogP contribution in [0.5, 0.6) is 0 Å². The Bertz CT molecular complexity index is 197. The van der Waals surface area contributed by atoms with E-state index in [0.717, 1.165) is 13.0 Å². The number of nitrogens with one attached hydrogen (secondary N) is 1. The van der Waals surface area contributed by atoms with E-state index in [2.05, 4.69) is 5.32 Å². The molecule has 2 fully saturated rings. The standard InChI is InChI=1S/C8H13FN2O/c9-6-1-2-7(6)11-4-3-10-8(12)5-11/h6-7H,1-5H2,(H,10,12). The van der Waals surface area contributed by atoms with E-state index in [1.807, 2.05) is 4.90 Å². The van der Waals surface area contributed by atoms with Gasteiger partial charge in [0.2, 0.25) is 5.91 Å². The molecule has 2 unspecified atom stereocenters. The maximum absolute atomic E-state index is 12.9. The maximum atomic E-state index is 12.9. The fraction of sp³-hybridized carbons (Fsp3) is 0.875. The average Bonchev–Trinajstić information content (AvgIpc) is 2.02. The molecule has 1 aliphatic heterocycles. The Morgan fingerprint density at radius 1 is 1.50 bits per heavy atom. The van der Waals surface area contributed by atoms with Crippen molar-refractivity contribution in [1.29, 1.82) is 0 Å². The Balaban J connectivity index is 1.90. The van der Waals surface area contributed by atoms with E-state index in [0.29, 0.717) is 19.5 Å². The third-order valence-electron chi connectivity index (χ3n) is 2.69. The second-order valence-corrected chi connectivity index (χ2v) is 3.48. The molecule has 0 radical (unpaired) electrons. The minimum Gasteiger partial charge on any atom is -0.354 e. The van der Waals surface area contributed by atoms with Crippen LogP contribution in [0.15, 0.2) is 0 Å². The number of alkyl halides is 1. The molecule has 12 heavy (non-hydrogen) atoms. The van der Waals surface area contributed by atoms with Gasteiger partial charge in [-0.25, -0.2) is 4.39 Å². The maximum Gasteiger partial charge on any atom is 0.234 e. The van der Waals surface area contributed by atoms with Gasteiger partial charge in [0.05, 0.1) is 6.54 Å². The molecule has 2 atom stereocenters. The third kappa shape index (κ3) is 1.31. The number of nitrogens with zero attached hydrogens (tertiary/aromatic N) is 1. The van der Waals surface area contributed by atoms with E-state index >= 15 is 0 Å². The number of carbonyl (C=O) groups excluding carboxylic acids is 1. The lowest BCUT2D eigenvalue weighted by molar-refractivity contribution is -0.126. The van der Waals surface area contributed by atoms with Gasteiger partial charge in [-0.05, 0) is 12.8 Å². The average molecular weight is 172 g/mol. The molecule has 1 saturated carbocycles. The smallest absolute Gasteiger partial charge is 0.234 e. The summed E-state index contributed by atoms with van der Waals surface area (Å²) in [4.78, 5) is 12.9. The van der Waals surface area contributed by atoms with E-state index in [-0.39, 0.29) is 11.9 Å². The highest BCUT2D eigenvalue weighted by molar-refractivity contribution is 5.78. The molecule has 1 N–H and O–H groups in total. The summed E-state index contributed by atoms with van der Waals surface area (Å²) in [5.41, 5.74) is 0. The highest BCUT2D eigenvalue weighted by Gasteiger charge is 2.37. The number of hydrogen-bond acceptors (Lipinski definition) is 2. The molecule has 1 amide bonds. The summed E-state index contributed by atoms with van der Waals surface area (Å²) in [6.45, 7) is 1.85. The van der Waals surface area contributed by atoms with Gasteiger partial charge in [0, 0.05) is 19.1 Å². The van der Waals surface area contributed by atoms with E-state index in [1.54, 1.807) is 0 Å². The van der Waals surface area contributed by atoms with Gasteiger partial charge < -0.3 is 5.32 Å². The van der Waals surface area contributed by atoms with Gasteiger partial charge >= 0.3 is 0 Å². The number of halogens is 1. The van der Waals surface area contributed by atoms with E-state index in [1.165, 1.54) is 0 Å². The summed E-state index contributed by atoms with van der Waals surface area (Å²) in [5.74, 6) is 0.0281. The Morgan fingerprint density at radius 2 is 2.33 bits per heavy atom. The summed E-state index contributed by atoms with van der Waals surface area (Å²) in [6.07, 6.45) is 0.882. The van der Waals surface area contributed by atoms with Crippen LogP contribution >= 0.6 is 0 Å². The predicted octanol–water partition coefficient (Wildman–Crippen LogP) is -0.0813. The third-order valence-corrected chi connectivity index (χ3v) is 2.69. The van der Waals surface area contributed by atoms with E-state index in [4.69, 9.17) is 0 Å². The molecule has 2 rings (SSSR count). The summed E-state index contributed by atoms with van der Waals surface area (Å²) in [6, 6.07) is 0.0241. The van der Waals surface area contributed by atoms with Crippen LogP contribution < -0.4 is 5.32 Å². The zero-order chi connectivity index (χ0) is 8.55. The fourth-order valence-electron chi connectivity index (χ4n) is 1.79. The van der Waals surface area contributed by atoms with Crippen molar-refractivity contribution >= 4 is 5.91 Å². The van der Waals surface area contributed by atoms with Crippen molar-refractivity contribution in [3.05, 3.63) is 0 Å². The van der Waals surface area contributed by atoms with Gasteiger partial charge in [-0.1, -0.05) is 0 Å². The van der Waals surface area contributed by atoms with Crippen molar-refractivity contribution in [2.75, 3.05) is 19.6 Å². The van der Waals surface area contributed by atoms with E-state index < -0.39 is 6.17 Å². The highest BCUT2D eigenvalue weighted by atomic mass is 19.1. The monoisotopic (exact) mass is 172 g/mol. The molecule has 1 heterocycles. The number of piperazine rings is 1. The molecular formula is C8H13FN2O. The van der Waals surface area contributed by atoms with Crippen molar-refractivity contribution in [3.63, 3.8) is 0 Å². The fourth-order valence-corrected chi connectivity index (χ4v) is 1.79. The SMILES string of the molecule is O=C1CN(C2CCC2F)CCN1. The lowest BCUT2D eigenvalue weighted by atomic mass is 9.89. The minimum absolute atomic E-state index is 0.0241. The summed E-state index contributed by atoms with van der Waals surface area (Å²) < 4.78 is 12.9. The number of hydrogen-bond donors (Lipinski definition) is 1. The quantitative estimate of drug-likeness (QED) is 0.600. The first-order chi connectivity index (χ1) is 5.77. The lowest BCUT2D eigenvalue weighted by Crippen LogP contribution is -2.57. The van der Waals surface area contributed by atoms with Crippen LogP contribution in [-0.2, 0) is 4.79 Å². The molecule has 4 heteroatoms. The lowest BCUT2D eigenvalue weighted by Gasteiger charge is -2.41. The molecule has 1 aliphatic carbocycles. The normalized spacial score (nSPS) is 37.2. The Morgan fingerprint density at radius 3 is 2.83 bits per heavy atom. The zero-order valence-electron chi connectivity index (χ0n) is 6.92. The van der Waals surface area contributed by atoms with Gasteiger partial charge in [-0.15, -0.1) is 0 Å².